The van der Waals surface area contributed by atoms with Gasteiger partial charge in [-0.1, -0.05) is 6.58 Å². The minimum atomic E-state index is -0.244. The molecule has 33 heavy (non-hydrogen) atoms. The summed E-state index contributed by atoms with van der Waals surface area (Å²) < 4.78 is 1.98. The normalized spacial score (nSPS) is 15.8. The van der Waals surface area contributed by atoms with Crippen LogP contribution in [0.4, 0.5) is 17.3 Å². The summed E-state index contributed by atoms with van der Waals surface area (Å²) in [6, 6.07) is 7.76. The fourth-order valence-corrected chi connectivity index (χ4v) is 4.33. The summed E-state index contributed by atoms with van der Waals surface area (Å²) in [5.41, 5.74) is 2.59. The Morgan fingerprint density at radius 2 is 2.15 bits per heavy atom. The van der Waals surface area contributed by atoms with E-state index in [4.69, 9.17) is 0 Å². The van der Waals surface area contributed by atoms with Crippen LogP contribution in [0.3, 0.4) is 0 Å². The van der Waals surface area contributed by atoms with Gasteiger partial charge in [-0.2, -0.15) is 5.10 Å². The van der Waals surface area contributed by atoms with E-state index < -0.39 is 0 Å². The number of aromatic nitrogens is 5. The van der Waals surface area contributed by atoms with Crippen LogP contribution >= 0.6 is 0 Å². The predicted octanol–water partition coefficient (Wildman–Crippen LogP) is 3.46. The molecule has 0 aliphatic carbocycles. The fraction of sp³-hybridized carbons (Fsp3) is 0.292. The maximum atomic E-state index is 11.6. The molecule has 1 fully saturated rings. The predicted molar refractivity (Wildman–Crippen MR) is 130 cm³/mol. The van der Waals surface area contributed by atoms with E-state index in [0.717, 1.165) is 66.0 Å². The van der Waals surface area contributed by atoms with Gasteiger partial charge in [0.2, 0.25) is 5.91 Å². The molecule has 4 heterocycles. The summed E-state index contributed by atoms with van der Waals surface area (Å²) >= 11 is 0. The molecular weight excluding hydrogens is 416 g/mol. The molecule has 5 rings (SSSR count). The van der Waals surface area contributed by atoms with Crippen molar-refractivity contribution in [3.8, 4) is 0 Å². The van der Waals surface area contributed by atoms with Crippen LogP contribution in [0, 0.1) is 5.92 Å². The Morgan fingerprint density at radius 1 is 1.24 bits per heavy atom. The van der Waals surface area contributed by atoms with Crippen molar-refractivity contribution in [2.24, 2.45) is 5.92 Å². The molecule has 2 N–H and O–H groups in total. The molecule has 0 spiro atoms. The first kappa shape index (κ1) is 20.9. The number of amides is 1. The lowest BCUT2D eigenvalue weighted by Gasteiger charge is -2.19. The molecule has 0 bridgehead atoms. The van der Waals surface area contributed by atoms with Crippen LogP contribution in [-0.2, 0) is 11.3 Å². The molecule has 0 radical (unpaired) electrons. The Balaban J connectivity index is 1.27. The zero-order valence-electron chi connectivity index (χ0n) is 18.5. The maximum absolute atomic E-state index is 11.6. The number of hydrogen-bond acceptors (Lipinski definition) is 7. The van der Waals surface area contributed by atoms with Gasteiger partial charge in [0, 0.05) is 54.9 Å². The first-order valence-corrected chi connectivity index (χ1v) is 11.1. The molecule has 0 unspecified atom stereocenters. The van der Waals surface area contributed by atoms with Crippen LogP contribution < -0.4 is 15.5 Å². The summed E-state index contributed by atoms with van der Waals surface area (Å²) in [5.74, 6) is 2.04. The average molecular weight is 443 g/mol. The van der Waals surface area contributed by atoms with Crippen LogP contribution in [0.5, 0.6) is 0 Å². The second kappa shape index (κ2) is 8.85. The SMILES string of the molecule is C=CC(=O)Nc1ccc2c(N3CC[C@@H](CNc4cc5c(cn4)cnn5CC)C3)ncnc2c1. The van der Waals surface area contributed by atoms with Gasteiger partial charge < -0.3 is 15.5 Å². The third kappa shape index (κ3) is 4.21. The molecular formula is C24H26N8O. The highest BCUT2D eigenvalue weighted by Gasteiger charge is 2.25. The average Bonchev–Trinajstić information content (AvgIpc) is 3.48. The zero-order valence-corrected chi connectivity index (χ0v) is 18.5. The molecule has 1 atom stereocenters. The number of anilines is 3. The van der Waals surface area contributed by atoms with E-state index in [0.29, 0.717) is 11.6 Å². The number of fused-ring (bicyclic) bond motifs is 2. The van der Waals surface area contributed by atoms with Gasteiger partial charge in [0.25, 0.3) is 0 Å². The van der Waals surface area contributed by atoms with Crippen LogP contribution in [-0.4, -0.2) is 50.3 Å². The lowest BCUT2D eigenvalue weighted by Crippen LogP contribution is -2.23. The molecule has 4 aromatic rings. The van der Waals surface area contributed by atoms with E-state index >= 15 is 0 Å². The minimum absolute atomic E-state index is 0.244. The smallest absolute Gasteiger partial charge is 0.247 e. The first-order valence-electron chi connectivity index (χ1n) is 11.1. The summed E-state index contributed by atoms with van der Waals surface area (Å²) in [5, 5.41) is 12.7. The summed E-state index contributed by atoms with van der Waals surface area (Å²) in [7, 11) is 0. The van der Waals surface area contributed by atoms with Crippen LogP contribution in [0.2, 0.25) is 0 Å². The highest BCUT2D eigenvalue weighted by atomic mass is 16.1. The van der Waals surface area contributed by atoms with Gasteiger partial charge in [0.1, 0.15) is 18.0 Å². The van der Waals surface area contributed by atoms with E-state index in [1.54, 1.807) is 6.33 Å². The van der Waals surface area contributed by atoms with Crippen LogP contribution in [0.1, 0.15) is 13.3 Å². The quantitative estimate of drug-likeness (QED) is 0.423. The Labute approximate surface area is 191 Å². The van der Waals surface area contributed by atoms with Crippen molar-refractivity contribution in [3.63, 3.8) is 0 Å². The highest BCUT2D eigenvalue weighted by Crippen LogP contribution is 2.29. The minimum Gasteiger partial charge on any atom is -0.370 e. The molecule has 1 saturated heterocycles. The van der Waals surface area contributed by atoms with Gasteiger partial charge in [-0.25, -0.2) is 15.0 Å². The Kier molecular flexibility index (Phi) is 5.60. The number of nitrogens with one attached hydrogen (secondary N) is 2. The number of hydrogen-bond donors (Lipinski definition) is 2. The topological polar surface area (TPSA) is 101 Å². The molecule has 1 aliphatic rings. The van der Waals surface area contributed by atoms with Gasteiger partial charge in [0.15, 0.2) is 0 Å². The molecule has 1 aliphatic heterocycles. The van der Waals surface area contributed by atoms with E-state index in [-0.39, 0.29) is 5.91 Å². The second-order valence-corrected chi connectivity index (χ2v) is 8.19. The molecule has 9 nitrogen and oxygen atoms in total. The van der Waals surface area contributed by atoms with Gasteiger partial charge in [0.05, 0.1) is 17.2 Å². The number of benzene rings is 1. The van der Waals surface area contributed by atoms with E-state index in [1.165, 1.54) is 6.08 Å². The molecule has 168 valence electrons. The molecule has 3 aromatic heterocycles. The number of carbonyl (C=O) groups is 1. The standard InChI is InChI=1S/C24H26N8O/c1-3-23(33)30-18-5-6-19-20(9-18)27-15-28-24(19)31-8-7-16(14-31)11-25-22-10-21-17(12-26-22)13-29-32(21)4-2/h3,5-6,9-10,12-13,15-16H,1,4,7-8,11,14H2,2H3,(H,25,26)(H,30,33)/t16-/m0/s1. The van der Waals surface area contributed by atoms with E-state index in [2.05, 4.69) is 55.2 Å². The van der Waals surface area contributed by atoms with Crippen molar-refractivity contribution < 1.29 is 4.79 Å². The number of aryl methyl sites for hydroxylation is 1. The van der Waals surface area contributed by atoms with Crippen molar-refractivity contribution in [2.75, 3.05) is 35.2 Å². The zero-order chi connectivity index (χ0) is 22.8. The molecule has 1 amide bonds. The third-order valence-electron chi connectivity index (χ3n) is 6.05. The van der Waals surface area contributed by atoms with Gasteiger partial charge in [-0.15, -0.1) is 0 Å². The highest BCUT2D eigenvalue weighted by molar-refractivity contribution is 6.01. The Hall–Kier alpha value is -4.01. The molecule has 0 saturated carbocycles. The van der Waals surface area contributed by atoms with Gasteiger partial charge >= 0.3 is 0 Å². The molecule has 9 heteroatoms. The van der Waals surface area contributed by atoms with Crippen molar-refractivity contribution >= 4 is 45.0 Å². The monoisotopic (exact) mass is 442 g/mol. The summed E-state index contributed by atoms with van der Waals surface area (Å²) in [6.45, 7) is 9.09. The van der Waals surface area contributed by atoms with Crippen LogP contribution in [0.15, 0.2) is 55.6 Å². The fourth-order valence-electron chi connectivity index (χ4n) is 4.33. The van der Waals surface area contributed by atoms with Crippen LogP contribution in [0.25, 0.3) is 21.8 Å². The van der Waals surface area contributed by atoms with E-state index in [1.807, 2.05) is 35.3 Å². The number of carbonyl (C=O) groups excluding carboxylic acids is 1. The Morgan fingerprint density at radius 3 is 3.00 bits per heavy atom. The maximum Gasteiger partial charge on any atom is 0.247 e. The lowest BCUT2D eigenvalue weighted by atomic mass is 10.1. The third-order valence-corrected chi connectivity index (χ3v) is 6.05. The number of nitrogens with zero attached hydrogens (tertiary/aromatic N) is 6. The number of rotatable bonds is 7. The first-order chi connectivity index (χ1) is 16.1. The van der Waals surface area contributed by atoms with Crippen molar-refractivity contribution in [1.29, 1.82) is 0 Å². The molecule has 1 aromatic carbocycles. The van der Waals surface area contributed by atoms with Gasteiger partial charge in [-0.05, 0) is 43.5 Å². The van der Waals surface area contributed by atoms with E-state index in [9.17, 15) is 4.79 Å². The summed E-state index contributed by atoms with van der Waals surface area (Å²) in [4.78, 5) is 27.4. The Bertz CT molecular complexity index is 1330. The lowest BCUT2D eigenvalue weighted by molar-refractivity contribution is -0.111. The number of pyridine rings is 1. The summed E-state index contributed by atoms with van der Waals surface area (Å²) in [6.07, 6.45) is 7.63. The van der Waals surface area contributed by atoms with Crippen molar-refractivity contribution in [3.05, 3.63) is 55.6 Å². The van der Waals surface area contributed by atoms with Gasteiger partial charge in [-0.3, -0.25) is 9.48 Å². The van der Waals surface area contributed by atoms with Crippen molar-refractivity contribution in [2.45, 2.75) is 19.9 Å². The second-order valence-electron chi connectivity index (χ2n) is 8.19. The largest absolute Gasteiger partial charge is 0.370 e. The van der Waals surface area contributed by atoms with Crippen molar-refractivity contribution in [1.82, 2.24) is 24.7 Å².